The first kappa shape index (κ1) is 8.21. The van der Waals surface area contributed by atoms with Gasteiger partial charge in [0.2, 0.25) is 0 Å². The van der Waals surface area contributed by atoms with Crippen LogP contribution in [0, 0.1) is 11.3 Å². The van der Waals surface area contributed by atoms with E-state index >= 15 is 0 Å². The normalized spacial score (nSPS) is 23.1. The summed E-state index contributed by atoms with van der Waals surface area (Å²) in [4.78, 5) is 0. The smallest absolute Gasteiger partial charge is 0.148 e. The molecule has 2 saturated carbocycles. The summed E-state index contributed by atoms with van der Waals surface area (Å²) < 4.78 is 0. The molecule has 0 amide bonds. The van der Waals surface area contributed by atoms with Gasteiger partial charge in [-0.3, -0.25) is 0 Å². The van der Waals surface area contributed by atoms with Crippen molar-refractivity contribution in [2.24, 2.45) is 11.3 Å². The molecule has 1 aromatic heterocycles. The standard InChI is InChI=1S/C11H15N3/c1-2-10(14-13-7-1)12-8-11(5-6-11)9-3-4-9/h1-2,7,9H,3-6,8H2,(H,12,14). The molecule has 74 valence electrons. The van der Waals surface area contributed by atoms with E-state index in [1.807, 2.05) is 12.1 Å². The van der Waals surface area contributed by atoms with Crippen LogP contribution in [0.4, 0.5) is 5.82 Å². The van der Waals surface area contributed by atoms with Crippen molar-refractivity contribution in [3.05, 3.63) is 18.3 Å². The summed E-state index contributed by atoms with van der Waals surface area (Å²) in [7, 11) is 0. The number of rotatable bonds is 4. The number of hydrogen-bond donors (Lipinski definition) is 1. The molecule has 0 bridgehead atoms. The number of hydrogen-bond acceptors (Lipinski definition) is 3. The molecule has 3 heteroatoms. The second-order valence-corrected chi connectivity index (χ2v) is 4.60. The lowest BCUT2D eigenvalue weighted by molar-refractivity contribution is 0.466. The second kappa shape index (κ2) is 2.94. The first-order chi connectivity index (χ1) is 6.89. The highest BCUT2D eigenvalue weighted by Crippen LogP contribution is 2.61. The zero-order chi connectivity index (χ0) is 9.43. The van der Waals surface area contributed by atoms with E-state index in [0.717, 1.165) is 18.3 Å². The molecular formula is C11H15N3. The minimum absolute atomic E-state index is 0.636. The summed E-state index contributed by atoms with van der Waals surface area (Å²) in [6.45, 7) is 1.09. The largest absolute Gasteiger partial charge is 0.368 e. The lowest BCUT2D eigenvalue weighted by Gasteiger charge is -2.14. The highest BCUT2D eigenvalue weighted by Gasteiger charge is 2.53. The first-order valence-electron chi connectivity index (χ1n) is 5.41. The topological polar surface area (TPSA) is 37.8 Å². The number of nitrogens with one attached hydrogen (secondary N) is 1. The van der Waals surface area contributed by atoms with Crippen molar-refractivity contribution in [2.75, 3.05) is 11.9 Å². The Labute approximate surface area is 83.9 Å². The van der Waals surface area contributed by atoms with Crippen molar-refractivity contribution in [1.82, 2.24) is 10.2 Å². The van der Waals surface area contributed by atoms with Crippen LogP contribution in [-0.4, -0.2) is 16.7 Å². The van der Waals surface area contributed by atoms with Crippen LogP contribution in [0.1, 0.15) is 25.7 Å². The van der Waals surface area contributed by atoms with E-state index in [2.05, 4.69) is 15.5 Å². The van der Waals surface area contributed by atoms with Gasteiger partial charge in [-0.25, -0.2) is 0 Å². The summed E-state index contributed by atoms with van der Waals surface area (Å²) in [5.41, 5.74) is 0.636. The molecule has 0 unspecified atom stereocenters. The van der Waals surface area contributed by atoms with Gasteiger partial charge in [0.25, 0.3) is 0 Å². The molecule has 3 rings (SSSR count). The molecular weight excluding hydrogens is 174 g/mol. The maximum atomic E-state index is 4.03. The predicted molar refractivity (Wildman–Crippen MR) is 54.9 cm³/mol. The zero-order valence-electron chi connectivity index (χ0n) is 8.24. The Morgan fingerprint density at radius 3 is 2.86 bits per heavy atom. The van der Waals surface area contributed by atoms with Crippen molar-refractivity contribution in [3.8, 4) is 0 Å². The lowest BCUT2D eigenvalue weighted by atomic mass is 10.0. The fraction of sp³-hybridized carbons (Fsp3) is 0.636. The third kappa shape index (κ3) is 1.47. The van der Waals surface area contributed by atoms with Gasteiger partial charge in [0.15, 0.2) is 0 Å². The van der Waals surface area contributed by atoms with Gasteiger partial charge in [0, 0.05) is 12.7 Å². The van der Waals surface area contributed by atoms with E-state index in [4.69, 9.17) is 0 Å². The van der Waals surface area contributed by atoms with E-state index < -0.39 is 0 Å². The molecule has 0 aliphatic heterocycles. The Hall–Kier alpha value is -1.12. The van der Waals surface area contributed by atoms with Gasteiger partial charge < -0.3 is 5.32 Å². The van der Waals surface area contributed by atoms with Gasteiger partial charge in [-0.15, -0.1) is 5.10 Å². The molecule has 2 aliphatic carbocycles. The average Bonchev–Trinajstić information content (AvgIpc) is 3.08. The maximum absolute atomic E-state index is 4.03. The Bertz CT molecular complexity index is 315. The Kier molecular flexibility index (Phi) is 1.72. The third-order valence-corrected chi connectivity index (χ3v) is 3.53. The van der Waals surface area contributed by atoms with Crippen molar-refractivity contribution >= 4 is 5.82 Å². The minimum atomic E-state index is 0.636. The van der Waals surface area contributed by atoms with Crippen LogP contribution in [0.3, 0.4) is 0 Å². The van der Waals surface area contributed by atoms with Crippen LogP contribution < -0.4 is 5.32 Å². The summed E-state index contributed by atoms with van der Waals surface area (Å²) >= 11 is 0. The summed E-state index contributed by atoms with van der Waals surface area (Å²) in [6.07, 6.45) is 7.42. The van der Waals surface area contributed by atoms with Gasteiger partial charge in [0.05, 0.1) is 0 Å². The molecule has 14 heavy (non-hydrogen) atoms. The molecule has 2 aliphatic rings. The van der Waals surface area contributed by atoms with Crippen LogP contribution in [0.5, 0.6) is 0 Å². The van der Waals surface area contributed by atoms with Crippen LogP contribution in [0.25, 0.3) is 0 Å². The number of anilines is 1. The number of nitrogens with zero attached hydrogens (tertiary/aromatic N) is 2. The molecule has 0 saturated heterocycles. The second-order valence-electron chi connectivity index (χ2n) is 4.60. The van der Waals surface area contributed by atoms with E-state index in [1.54, 1.807) is 6.20 Å². The van der Waals surface area contributed by atoms with Gasteiger partial charge in [0.1, 0.15) is 5.82 Å². The zero-order valence-corrected chi connectivity index (χ0v) is 8.24. The molecule has 0 radical (unpaired) electrons. The molecule has 0 atom stereocenters. The molecule has 1 heterocycles. The van der Waals surface area contributed by atoms with Crippen molar-refractivity contribution in [3.63, 3.8) is 0 Å². The Balaban J connectivity index is 1.59. The van der Waals surface area contributed by atoms with E-state index in [-0.39, 0.29) is 0 Å². The average molecular weight is 189 g/mol. The van der Waals surface area contributed by atoms with E-state index in [0.29, 0.717) is 5.41 Å². The van der Waals surface area contributed by atoms with E-state index in [9.17, 15) is 0 Å². The highest BCUT2D eigenvalue weighted by molar-refractivity contribution is 5.32. The minimum Gasteiger partial charge on any atom is -0.368 e. The Morgan fingerprint density at radius 1 is 1.43 bits per heavy atom. The van der Waals surface area contributed by atoms with Crippen LogP contribution in [-0.2, 0) is 0 Å². The predicted octanol–water partition coefficient (Wildman–Crippen LogP) is 2.08. The SMILES string of the molecule is c1cnnc(NCC2(C3CC3)CC2)c1. The molecule has 0 spiro atoms. The molecule has 3 nitrogen and oxygen atoms in total. The fourth-order valence-electron chi connectivity index (χ4n) is 2.25. The monoisotopic (exact) mass is 189 g/mol. The molecule has 1 aromatic rings. The maximum Gasteiger partial charge on any atom is 0.148 e. The van der Waals surface area contributed by atoms with Crippen LogP contribution in [0.15, 0.2) is 18.3 Å². The first-order valence-corrected chi connectivity index (χ1v) is 5.41. The summed E-state index contributed by atoms with van der Waals surface area (Å²) in [5.74, 6) is 1.92. The fourth-order valence-corrected chi connectivity index (χ4v) is 2.25. The lowest BCUT2D eigenvalue weighted by Crippen LogP contribution is -2.17. The third-order valence-electron chi connectivity index (χ3n) is 3.53. The highest BCUT2D eigenvalue weighted by atomic mass is 15.2. The van der Waals surface area contributed by atoms with Crippen LogP contribution in [0.2, 0.25) is 0 Å². The molecule has 1 N–H and O–H groups in total. The van der Waals surface area contributed by atoms with Gasteiger partial charge in [-0.1, -0.05) is 0 Å². The van der Waals surface area contributed by atoms with E-state index in [1.165, 1.54) is 25.7 Å². The quantitative estimate of drug-likeness (QED) is 0.788. The molecule has 2 fully saturated rings. The van der Waals surface area contributed by atoms with Crippen LogP contribution >= 0.6 is 0 Å². The van der Waals surface area contributed by atoms with Crippen molar-refractivity contribution in [1.29, 1.82) is 0 Å². The van der Waals surface area contributed by atoms with Gasteiger partial charge in [-0.05, 0) is 49.1 Å². The summed E-state index contributed by atoms with van der Waals surface area (Å²) in [6, 6.07) is 3.90. The van der Waals surface area contributed by atoms with Gasteiger partial charge in [-0.2, -0.15) is 5.10 Å². The summed E-state index contributed by atoms with van der Waals surface area (Å²) in [5, 5.41) is 11.3. The Morgan fingerprint density at radius 2 is 2.29 bits per heavy atom. The van der Waals surface area contributed by atoms with Gasteiger partial charge >= 0.3 is 0 Å². The van der Waals surface area contributed by atoms with Crippen molar-refractivity contribution < 1.29 is 0 Å². The van der Waals surface area contributed by atoms with Crippen molar-refractivity contribution in [2.45, 2.75) is 25.7 Å². The number of aromatic nitrogens is 2. The molecule has 0 aromatic carbocycles.